The predicted molar refractivity (Wildman–Crippen MR) is 95.9 cm³/mol. The van der Waals surface area contributed by atoms with Gasteiger partial charge in [0.15, 0.2) is 0 Å². The van der Waals surface area contributed by atoms with Gasteiger partial charge in [-0.1, -0.05) is 18.9 Å². The Morgan fingerprint density at radius 2 is 1.71 bits per heavy atom. The van der Waals surface area contributed by atoms with Gasteiger partial charge in [-0.2, -0.15) is 0 Å². The fourth-order valence-electron chi connectivity index (χ4n) is 4.90. The molecule has 24 heavy (non-hydrogen) atoms. The van der Waals surface area contributed by atoms with Crippen LogP contribution in [0.3, 0.4) is 0 Å². The molecule has 0 radical (unpaired) electrons. The van der Waals surface area contributed by atoms with Gasteiger partial charge in [-0.25, -0.2) is 4.98 Å². The SMILES string of the molecule is Cc1cccc(N2CCC(C(=O)N3CC4CCCCC4C3)CC2)n1. The molecule has 2 atom stereocenters. The lowest BCUT2D eigenvalue weighted by Crippen LogP contribution is -2.42. The summed E-state index contributed by atoms with van der Waals surface area (Å²) in [5.74, 6) is 3.30. The van der Waals surface area contributed by atoms with Crippen molar-refractivity contribution in [3.63, 3.8) is 0 Å². The molecular weight excluding hydrogens is 298 g/mol. The lowest BCUT2D eigenvalue weighted by molar-refractivity contribution is -0.135. The molecule has 0 bridgehead atoms. The number of anilines is 1. The fourth-order valence-corrected chi connectivity index (χ4v) is 4.90. The van der Waals surface area contributed by atoms with Gasteiger partial charge in [-0.3, -0.25) is 4.79 Å². The van der Waals surface area contributed by atoms with Crippen LogP contribution in [0, 0.1) is 24.7 Å². The summed E-state index contributed by atoms with van der Waals surface area (Å²) < 4.78 is 0. The summed E-state index contributed by atoms with van der Waals surface area (Å²) in [4.78, 5) is 22.1. The molecule has 1 aliphatic carbocycles. The first-order valence-electron chi connectivity index (χ1n) is 9.68. The summed E-state index contributed by atoms with van der Waals surface area (Å²) >= 11 is 0. The number of pyridine rings is 1. The van der Waals surface area contributed by atoms with E-state index in [4.69, 9.17) is 0 Å². The van der Waals surface area contributed by atoms with E-state index >= 15 is 0 Å². The number of piperidine rings is 1. The van der Waals surface area contributed by atoms with Crippen molar-refractivity contribution in [3.05, 3.63) is 23.9 Å². The highest BCUT2D eigenvalue weighted by atomic mass is 16.2. The quantitative estimate of drug-likeness (QED) is 0.836. The Morgan fingerprint density at radius 1 is 1.04 bits per heavy atom. The lowest BCUT2D eigenvalue weighted by Gasteiger charge is -2.34. The van der Waals surface area contributed by atoms with Gasteiger partial charge >= 0.3 is 0 Å². The molecule has 0 spiro atoms. The van der Waals surface area contributed by atoms with E-state index in [0.29, 0.717) is 5.91 Å². The van der Waals surface area contributed by atoms with Crippen LogP contribution in [-0.4, -0.2) is 42.0 Å². The highest BCUT2D eigenvalue weighted by molar-refractivity contribution is 5.79. The van der Waals surface area contributed by atoms with E-state index in [1.54, 1.807) is 0 Å². The number of likely N-dealkylation sites (tertiary alicyclic amines) is 1. The van der Waals surface area contributed by atoms with E-state index in [1.165, 1.54) is 25.7 Å². The first kappa shape index (κ1) is 15.9. The van der Waals surface area contributed by atoms with Crippen molar-refractivity contribution in [3.8, 4) is 0 Å². The van der Waals surface area contributed by atoms with Crippen LogP contribution in [0.4, 0.5) is 5.82 Å². The van der Waals surface area contributed by atoms with Crippen LogP contribution >= 0.6 is 0 Å². The van der Waals surface area contributed by atoms with E-state index in [1.807, 2.05) is 13.0 Å². The van der Waals surface area contributed by atoms with E-state index in [-0.39, 0.29) is 5.92 Å². The van der Waals surface area contributed by atoms with Crippen LogP contribution in [0.2, 0.25) is 0 Å². The maximum absolute atomic E-state index is 12.9. The number of carbonyl (C=O) groups is 1. The van der Waals surface area contributed by atoms with Crippen molar-refractivity contribution in [1.29, 1.82) is 0 Å². The molecule has 2 aliphatic heterocycles. The molecule has 3 heterocycles. The van der Waals surface area contributed by atoms with Gasteiger partial charge in [-0.05, 0) is 56.6 Å². The Balaban J connectivity index is 1.33. The lowest BCUT2D eigenvalue weighted by atomic mass is 9.82. The van der Waals surface area contributed by atoms with Gasteiger partial charge < -0.3 is 9.80 Å². The number of carbonyl (C=O) groups excluding carboxylic acids is 1. The minimum absolute atomic E-state index is 0.228. The average Bonchev–Trinajstić information content (AvgIpc) is 3.05. The first-order chi connectivity index (χ1) is 11.7. The minimum atomic E-state index is 0.228. The van der Waals surface area contributed by atoms with Crippen LogP contribution in [0.1, 0.15) is 44.2 Å². The van der Waals surface area contributed by atoms with Crippen molar-refractivity contribution in [2.75, 3.05) is 31.1 Å². The van der Waals surface area contributed by atoms with Crippen LogP contribution < -0.4 is 4.90 Å². The first-order valence-corrected chi connectivity index (χ1v) is 9.68. The summed E-state index contributed by atoms with van der Waals surface area (Å²) in [5.41, 5.74) is 1.06. The summed E-state index contributed by atoms with van der Waals surface area (Å²) in [5, 5.41) is 0. The topological polar surface area (TPSA) is 36.4 Å². The molecule has 4 heteroatoms. The second-order valence-corrected chi connectivity index (χ2v) is 7.95. The molecule has 1 aromatic heterocycles. The molecule has 3 fully saturated rings. The van der Waals surface area contributed by atoms with Crippen LogP contribution in [0.25, 0.3) is 0 Å². The second kappa shape index (κ2) is 6.73. The Kier molecular flexibility index (Phi) is 4.47. The molecule has 130 valence electrons. The van der Waals surface area contributed by atoms with Gasteiger partial charge in [0.2, 0.25) is 5.91 Å². The van der Waals surface area contributed by atoms with Crippen molar-refractivity contribution in [1.82, 2.24) is 9.88 Å². The van der Waals surface area contributed by atoms with Gasteiger partial charge in [0.25, 0.3) is 0 Å². The molecule has 1 amide bonds. The molecule has 2 unspecified atom stereocenters. The minimum Gasteiger partial charge on any atom is -0.357 e. The molecule has 1 saturated carbocycles. The number of aryl methyl sites for hydroxylation is 1. The van der Waals surface area contributed by atoms with E-state index in [9.17, 15) is 4.79 Å². The Morgan fingerprint density at radius 3 is 2.33 bits per heavy atom. The number of amides is 1. The van der Waals surface area contributed by atoms with E-state index < -0.39 is 0 Å². The summed E-state index contributed by atoms with van der Waals surface area (Å²) in [6, 6.07) is 6.19. The molecule has 4 nitrogen and oxygen atoms in total. The van der Waals surface area contributed by atoms with Crippen LogP contribution in [-0.2, 0) is 4.79 Å². The molecule has 3 aliphatic rings. The highest BCUT2D eigenvalue weighted by Crippen LogP contribution is 2.37. The number of fused-ring (bicyclic) bond motifs is 1. The number of nitrogens with zero attached hydrogens (tertiary/aromatic N) is 3. The zero-order valence-corrected chi connectivity index (χ0v) is 14.8. The monoisotopic (exact) mass is 327 g/mol. The van der Waals surface area contributed by atoms with Crippen molar-refractivity contribution in [2.24, 2.45) is 17.8 Å². The third kappa shape index (κ3) is 3.15. The van der Waals surface area contributed by atoms with E-state index in [2.05, 4.69) is 26.9 Å². The van der Waals surface area contributed by atoms with Crippen LogP contribution in [0.5, 0.6) is 0 Å². The van der Waals surface area contributed by atoms with Gasteiger partial charge in [-0.15, -0.1) is 0 Å². The smallest absolute Gasteiger partial charge is 0.225 e. The highest BCUT2D eigenvalue weighted by Gasteiger charge is 2.39. The summed E-state index contributed by atoms with van der Waals surface area (Å²) in [6.07, 6.45) is 7.36. The molecule has 1 aromatic rings. The van der Waals surface area contributed by atoms with Gasteiger partial charge in [0, 0.05) is 37.8 Å². The van der Waals surface area contributed by atoms with Gasteiger partial charge in [0.05, 0.1) is 0 Å². The molecule has 4 rings (SSSR count). The van der Waals surface area contributed by atoms with Gasteiger partial charge in [0.1, 0.15) is 5.82 Å². The van der Waals surface area contributed by atoms with Crippen molar-refractivity contribution >= 4 is 11.7 Å². The van der Waals surface area contributed by atoms with Crippen molar-refractivity contribution < 1.29 is 4.79 Å². The third-order valence-corrected chi connectivity index (χ3v) is 6.33. The predicted octanol–water partition coefficient (Wildman–Crippen LogP) is 3.26. The average molecular weight is 327 g/mol. The zero-order chi connectivity index (χ0) is 16.5. The van der Waals surface area contributed by atoms with E-state index in [0.717, 1.165) is 62.4 Å². The molecule has 0 N–H and O–H groups in total. The number of rotatable bonds is 2. The maximum Gasteiger partial charge on any atom is 0.225 e. The molecule has 0 aromatic carbocycles. The summed E-state index contributed by atoms with van der Waals surface area (Å²) in [7, 11) is 0. The molecular formula is C20H29N3O. The standard InChI is InChI=1S/C20H29N3O/c1-15-5-4-8-19(21-15)22-11-9-16(10-12-22)20(24)23-13-17-6-2-3-7-18(17)14-23/h4-5,8,16-18H,2-3,6-7,9-14H2,1H3. The summed E-state index contributed by atoms with van der Waals surface area (Å²) in [6.45, 7) is 6.00. The number of hydrogen-bond acceptors (Lipinski definition) is 3. The Bertz CT molecular complexity index is 580. The third-order valence-electron chi connectivity index (χ3n) is 6.33. The Hall–Kier alpha value is -1.58. The molecule has 2 saturated heterocycles. The maximum atomic E-state index is 12.9. The number of aromatic nitrogens is 1. The number of hydrogen-bond donors (Lipinski definition) is 0. The largest absolute Gasteiger partial charge is 0.357 e. The fraction of sp³-hybridized carbons (Fsp3) is 0.700. The zero-order valence-electron chi connectivity index (χ0n) is 14.8. The Labute approximate surface area is 145 Å². The van der Waals surface area contributed by atoms with Crippen molar-refractivity contribution in [2.45, 2.75) is 45.4 Å². The normalized spacial score (nSPS) is 28.0. The van der Waals surface area contributed by atoms with Crippen LogP contribution in [0.15, 0.2) is 18.2 Å². The second-order valence-electron chi connectivity index (χ2n) is 7.95.